The maximum atomic E-state index is 11.9. The van der Waals surface area contributed by atoms with E-state index >= 15 is 0 Å². The fourth-order valence-electron chi connectivity index (χ4n) is 1.92. The number of hydrogen-bond donors (Lipinski definition) is 1. The number of carbonyl (C=O) groups excluding carboxylic acids is 1. The van der Waals surface area contributed by atoms with Gasteiger partial charge in [-0.1, -0.05) is 36.4 Å². The first kappa shape index (κ1) is 16.0. The van der Waals surface area contributed by atoms with E-state index in [1.165, 1.54) is 23.9 Å². The molecule has 2 rings (SSSR count). The van der Waals surface area contributed by atoms with Crippen LogP contribution in [-0.2, 0) is 4.79 Å². The van der Waals surface area contributed by atoms with Gasteiger partial charge in [-0.2, -0.15) is 0 Å². The van der Waals surface area contributed by atoms with Gasteiger partial charge in [-0.25, -0.2) is 0 Å². The summed E-state index contributed by atoms with van der Waals surface area (Å²) in [6, 6.07) is 15.9. The molecular weight excluding hydrogens is 300 g/mol. The normalized spacial score (nSPS) is 11.7. The smallest absolute Gasteiger partial charge is 0.271 e. The second-order valence-corrected chi connectivity index (χ2v) is 6.05. The fourth-order valence-corrected chi connectivity index (χ4v) is 2.74. The zero-order valence-electron chi connectivity index (χ0n) is 12.1. The average molecular weight is 316 g/mol. The third-order valence-corrected chi connectivity index (χ3v) is 4.28. The van der Waals surface area contributed by atoms with Crippen molar-refractivity contribution in [2.45, 2.75) is 12.2 Å². The van der Waals surface area contributed by atoms with Gasteiger partial charge in [0, 0.05) is 23.1 Å². The number of hydrogen-bond acceptors (Lipinski definition) is 4. The Kier molecular flexibility index (Phi) is 5.55. The Morgan fingerprint density at radius 3 is 2.64 bits per heavy atom. The molecule has 114 valence electrons. The number of benzene rings is 2. The Labute approximate surface area is 132 Å². The van der Waals surface area contributed by atoms with E-state index < -0.39 is 4.92 Å². The molecule has 0 aliphatic carbocycles. The summed E-state index contributed by atoms with van der Waals surface area (Å²) in [4.78, 5) is 22.1. The molecule has 0 bridgehead atoms. The van der Waals surface area contributed by atoms with E-state index in [9.17, 15) is 14.9 Å². The largest absolute Gasteiger partial charge is 0.325 e. The van der Waals surface area contributed by atoms with Gasteiger partial charge in [-0.15, -0.1) is 11.8 Å². The summed E-state index contributed by atoms with van der Waals surface area (Å²) in [5.41, 5.74) is 1.56. The van der Waals surface area contributed by atoms with Crippen molar-refractivity contribution < 1.29 is 9.72 Å². The first-order chi connectivity index (χ1) is 10.6. The van der Waals surface area contributed by atoms with Crippen molar-refractivity contribution >= 4 is 29.0 Å². The predicted octanol–water partition coefficient (Wildman–Crippen LogP) is 4.03. The Balaban J connectivity index is 1.88. The summed E-state index contributed by atoms with van der Waals surface area (Å²) in [6.07, 6.45) is 0. The van der Waals surface area contributed by atoms with Crippen molar-refractivity contribution in [3.8, 4) is 0 Å². The minimum absolute atomic E-state index is 0.0388. The predicted molar refractivity (Wildman–Crippen MR) is 89.0 cm³/mol. The molecule has 0 saturated heterocycles. The molecule has 1 N–H and O–H groups in total. The lowest BCUT2D eigenvalue weighted by atomic mass is 10.2. The summed E-state index contributed by atoms with van der Waals surface area (Å²) in [6.45, 7) is 2.04. The molecule has 2 aromatic carbocycles. The summed E-state index contributed by atoms with van der Waals surface area (Å²) in [7, 11) is 0. The van der Waals surface area contributed by atoms with Crippen LogP contribution in [0.4, 0.5) is 11.4 Å². The molecule has 1 amide bonds. The van der Waals surface area contributed by atoms with E-state index in [1.54, 1.807) is 12.1 Å². The number of nitrogens with zero attached hydrogens (tertiary/aromatic N) is 1. The second kappa shape index (κ2) is 7.61. The first-order valence-corrected chi connectivity index (χ1v) is 7.82. The number of amides is 1. The lowest BCUT2D eigenvalue weighted by molar-refractivity contribution is -0.384. The molecule has 22 heavy (non-hydrogen) atoms. The Hall–Kier alpha value is -2.34. The Morgan fingerprint density at radius 1 is 1.23 bits per heavy atom. The lowest BCUT2D eigenvalue weighted by Crippen LogP contribution is -2.14. The Morgan fingerprint density at radius 2 is 1.95 bits per heavy atom. The standard InChI is InChI=1S/C16H16N2O3S/c1-12(13-6-3-2-4-7-13)22-11-16(19)17-14-8-5-9-15(10-14)18(20)21/h2-10,12H,11H2,1H3,(H,17,19)/t12-/m1/s1. The van der Waals surface area contributed by atoms with Gasteiger partial charge in [0.2, 0.25) is 5.91 Å². The molecule has 0 spiro atoms. The van der Waals surface area contributed by atoms with Crippen LogP contribution in [0, 0.1) is 10.1 Å². The average Bonchev–Trinajstić information content (AvgIpc) is 2.53. The molecule has 0 aliphatic heterocycles. The van der Waals surface area contributed by atoms with E-state index in [4.69, 9.17) is 0 Å². The van der Waals surface area contributed by atoms with E-state index in [0.717, 1.165) is 5.56 Å². The van der Waals surface area contributed by atoms with Crippen LogP contribution in [0.2, 0.25) is 0 Å². The van der Waals surface area contributed by atoms with Crippen LogP contribution in [0.1, 0.15) is 17.7 Å². The molecule has 0 heterocycles. The first-order valence-electron chi connectivity index (χ1n) is 6.77. The van der Waals surface area contributed by atoms with Gasteiger partial charge in [-0.3, -0.25) is 14.9 Å². The number of anilines is 1. The van der Waals surface area contributed by atoms with Crippen LogP contribution in [0.5, 0.6) is 0 Å². The zero-order chi connectivity index (χ0) is 15.9. The fraction of sp³-hybridized carbons (Fsp3) is 0.188. The summed E-state index contributed by atoms with van der Waals surface area (Å²) in [5, 5.41) is 13.6. The highest BCUT2D eigenvalue weighted by molar-refractivity contribution is 8.00. The molecule has 0 fully saturated rings. The molecule has 0 radical (unpaired) electrons. The molecule has 5 nitrogen and oxygen atoms in total. The van der Waals surface area contributed by atoms with Gasteiger partial charge in [0.25, 0.3) is 5.69 Å². The van der Waals surface area contributed by atoms with Crippen molar-refractivity contribution in [2.24, 2.45) is 0 Å². The number of nitro benzene ring substituents is 1. The quantitative estimate of drug-likeness (QED) is 0.645. The molecule has 0 aromatic heterocycles. The number of thioether (sulfide) groups is 1. The maximum Gasteiger partial charge on any atom is 0.271 e. The monoisotopic (exact) mass is 316 g/mol. The Bertz CT molecular complexity index is 661. The van der Waals surface area contributed by atoms with E-state index in [0.29, 0.717) is 11.4 Å². The highest BCUT2D eigenvalue weighted by Gasteiger charge is 2.11. The van der Waals surface area contributed by atoms with Gasteiger partial charge in [0.1, 0.15) is 0 Å². The number of nitro groups is 1. The van der Waals surface area contributed by atoms with Crippen LogP contribution < -0.4 is 5.32 Å². The van der Waals surface area contributed by atoms with E-state index in [1.807, 2.05) is 37.3 Å². The van der Waals surface area contributed by atoms with Gasteiger partial charge in [0.15, 0.2) is 0 Å². The summed E-state index contributed by atoms with van der Waals surface area (Å²) >= 11 is 1.52. The second-order valence-electron chi connectivity index (χ2n) is 4.72. The molecule has 0 unspecified atom stereocenters. The maximum absolute atomic E-state index is 11.9. The van der Waals surface area contributed by atoms with Crippen molar-refractivity contribution in [1.82, 2.24) is 0 Å². The third-order valence-electron chi connectivity index (χ3n) is 3.07. The summed E-state index contributed by atoms with van der Waals surface area (Å²) in [5.74, 6) is 0.118. The van der Waals surface area contributed by atoms with Gasteiger partial charge < -0.3 is 5.32 Å². The van der Waals surface area contributed by atoms with Crippen LogP contribution >= 0.6 is 11.8 Å². The van der Waals surface area contributed by atoms with Crippen LogP contribution in [0.3, 0.4) is 0 Å². The SMILES string of the molecule is C[C@@H](SCC(=O)Nc1cccc([N+](=O)[O-])c1)c1ccccc1. The summed E-state index contributed by atoms with van der Waals surface area (Å²) < 4.78 is 0. The molecule has 2 aromatic rings. The molecule has 0 saturated carbocycles. The zero-order valence-corrected chi connectivity index (χ0v) is 12.9. The topological polar surface area (TPSA) is 72.2 Å². The molecule has 0 aliphatic rings. The third kappa shape index (κ3) is 4.60. The van der Waals surface area contributed by atoms with Crippen molar-refractivity contribution in [2.75, 3.05) is 11.1 Å². The number of nitrogens with one attached hydrogen (secondary N) is 1. The minimum atomic E-state index is -0.484. The highest BCUT2D eigenvalue weighted by Crippen LogP contribution is 2.27. The highest BCUT2D eigenvalue weighted by atomic mass is 32.2. The van der Waals surface area contributed by atoms with Crippen molar-refractivity contribution in [1.29, 1.82) is 0 Å². The van der Waals surface area contributed by atoms with E-state index in [2.05, 4.69) is 5.32 Å². The van der Waals surface area contributed by atoms with Crippen molar-refractivity contribution in [3.05, 3.63) is 70.3 Å². The number of carbonyl (C=O) groups is 1. The molecular formula is C16H16N2O3S. The van der Waals surface area contributed by atoms with Crippen LogP contribution in [0.25, 0.3) is 0 Å². The van der Waals surface area contributed by atoms with Gasteiger partial charge >= 0.3 is 0 Å². The van der Waals surface area contributed by atoms with Gasteiger partial charge in [0.05, 0.1) is 10.7 Å². The number of rotatable bonds is 6. The van der Waals surface area contributed by atoms with Crippen LogP contribution in [-0.4, -0.2) is 16.6 Å². The minimum Gasteiger partial charge on any atom is -0.325 e. The molecule has 1 atom stereocenters. The number of non-ortho nitro benzene ring substituents is 1. The van der Waals surface area contributed by atoms with Crippen molar-refractivity contribution in [3.63, 3.8) is 0 Å². The van der Waals surface area contributed by atoms with E-state index in [-0.39, 0.29) is 16.8 Å². The van der Waals surface area contributed by atoms with Crippen LogP contribution in [0.15, 0.2) is 54.6 Å². The molecule has 6 heteroatoms. The van der Waals surface area contributed by atoms with Gasteiger partial charge in [-0.05, 0) is 18.6 Å². The lowest BCUT2D eigenvalue weighted by Gasteiger charge is -2.11.